The largest absolute Gasteiger partial charge is 0.457 e. The Morgan fingerprint density at radius 3 is 1.89 bits per heavy atom. The Morgan fingerprint density at radius 2 is 1.28 bits per heavy atom. The predicted octanol–water partition coefficient (Wildman–Crippen LogP) is 6.87. The van der Waals surface area contributed by atoms with Crippen LogP contribution in [0.3, 0.4) is 0 Å². The summed E-state index contributed by atoms with van der Waals surface area (Å²) in [6.07, 6.45) is 1.85. The van der Waals surface area contributed by atoms with E-state index >= 15 is 0 Å². The van der Waals surface area contributed by atoms with Gasteiger partial charge in [0.2, 0.25) is 0 Å². The van der Waals surface area contributed by atoms with Crippen LogP contribution in [0.5, 0.6) is 0 Å². The maximum absolute atomic E-state index is 12.5. The first-order valence-electron chi connectivity index (χ1n) is 12.4. The first-order chi connectivity index (χ1) is 17.3. The normalized spacial score (nSPS) is 11.0. The highest BCUT2D eigenvalue weighted by Gasteiger charge is 2.12. The van der Waals surface area contributed by atoms with Crippen molar-refractivity contribution in [3.8, 4) is 0 Å². The van der Waals surface area contributed by atoms with Crippen molar-refractivity contribution >= 4 is 5.97 Å². The number of aromatic nitrogens is 1. The molecule has 4 rings (SSSR count). The van der Waals surface area contributed by atoms with E-state index in [2.05, 4.69) is 60.1 Å². The van der Waals surface area contributed by atoms with Gasteiger partial charge in [-0.15, -0.1) is 0 Å². The topological polar surface area (TPSA) is 42.4 Å². The van der Waals surface area contributed by atoms with E-state index in [0.717, 1.165) is 42.0 Å². The Balaban J connectivity index is 1.42. The fraction of sp³-hybridized carbons (Fsp3) is 0.250. The monoisotopic (exact) mass is 478 g/mol. The minimum atomic E-state index is -0.291. The zero-order valence-corrected chi connectivity index (χ0v) is 21.6. The lowest BCUT2D eigenvalue weighted by Crippen LogP contribution is -2.23. The number of pyridine rings is 1. The lowest BCUT2D eigenvalue weighted by Gasteiger charge is -2.23. The van der Waals surface area contributed by atoms with Gasteiger partial charge in [0.1, 0.15) is 6.61 Å². The van der Waals surface area contributed by atoms with E-state index in [-0.39, 0.29) is 12.6 Å². The summed E-state index contributed by atoms with van der Waals surface area (Å²) in [6, 6.07) is 26.9. The Hall–Kier alpha value is -3.76. The fourth-order valence-corrected chi connectivity index (χ4v) is 4.63. The van der Waals surface area contributed by atoms with Gasteiger partial charge in [-0.25, -0.2) is 4.79 Å². The molecule has 184 valence electrons. The average Bonchev–Trinajstić information content (AvgIpc) is 2.83. The van der Waals surface area contributed by atoms with Crippen LogP contribution in [0.1, 0.15) is 55.0 Å². The van der Waals surface area contributed by atoms with E-state index in [0.29, 0.717) is 5.56 Å². The molecule has 0 atom stereocenters. The number of ether oxygens (including phenoxy) is 1. The third-order valence-corrected chi connectivity index (χ3v) is 6.06. The van der Waals surface area contributed by atoms with Gasteiger partial charge in [0.25, 0.3) is 0 Å². The molecule has 0 bridgehead atoms. The molecule has 4 nitrogen and oxygen atoms in total. The van der Waals surface area contributed by atoms with E-state index in [1.807, 2.05) is 62.5 Å². The van der Waals surface area contributed by atoms with Crippen molar-refractivity contribution in [2.24, 2.45) is 0 Å². The zero-order valence-electron chi connectivity index (χ0n) is 21.6. The maximum atomic E-state index is 12.5. The van der Waals surface area contributed by atoms with E-state index < -0.39 is 0 Å². The molecule has 0 aliphatic carbocycles. The Labute approximate surface area is 214 Å². The molecule has 0 aliphatic heterocycles. The molecule has 4 aromatic rings. The highest BCUT2D eigenvalue weighted by atomic mass is 16.5. The van der Waals surface area contributed by atoms with E-state index in [9.17, 15) is 4.79 Å². The van der Waals surface area contributed by atoms with Crippen LogP contribution in [0, 0.1) is 27.7 Å². The van der Waals surface area contributed by atoms with Crippen LogP contribution >= 0.6 is 0 Å². The second kappa shape index (κ2) is 11.8. The molecule has 0 unspecified atom stereocenters. The van der Waals surface area contributed by atoms with Crippen LogP contribution in [0.25, 0.3) is 0 Å². The molecule has 0 radical (unpaired) electrons. The Bertz CT molecular complexity index is 1270. The van der Waals surface area contributed by atoms with Gasteiger partial charge in [-0.05, 0) is 68.7 Å². The van der Waals surface area contributed by atoms with Crippen molar-refractivity contribution in [3.05, 3.63) is 135 Å². The first-order valence-corrected chi connectivity index (χ1v) is 12.4. The summed E-state index contributed by atoms with van der Waals surface area (Å²) < 4.78 is 5.57. The number of rotatable bonds is 9. The number of benzene rings is 3. The van der Waals surface area contributed by atoms with Gasteiger partial charge in [-0.2, -0.15) is 0 Å². The summed E-state index contributed by atoms with van der Waals surface area (Å²) in [4.78, 5) is 19.4. The smallest absolute Gasteiger partial charge is 0.338 e. The molecule has 1 aromatic heterocycles. The Morgan fingerprint density at radius 1 is 0.694 bits per heavy atom. The van der Waals surface area contributed by atoms with Crippen LogP contribution in [0.2, 0.25) is 0 Å². The summed E-state index contributed by atoms with van der Waals surface area (Å²) in [5, 5.41) is 0. The van der Waals surface area contributed by atoms with Gasteiger partial charge >= 0.3 is 5.97 Å². The van der Waals surface area contributed by atoms with E-state index in [1.54, 1.807) is 0 Å². The highest BCUT2D eigenvalue weighted by molar-refractivity contribution is 5.89. The average molecular weight is 479 g/mol. The minimum Gasteiger partial charge on any atom is -0.457 e. The van der Waals surface area contributed by atoms with Gasteiger partial charge in [0, 0.05) is 25.8 Å². The van der Waals surface area contributed by atoms with Crippen molar-refractivity contribution in [2.45, 2.75) is 53.9 Å². The first kappa shape index (κ1) is 25.3. The standard InChI is InChI=1S/C32H34N2O2/c1-23-13-24(2)16-29(15-23)20-34(21-31-7-5-6-12-33-31)19-27-8-10-28(11-9-27)22-36-32(35)30-17-25(3)14-26(4)18-30/h5-18H,19-22H2,1-4H3. The zero-order chi connectivity index (χ0) is 25.5. The van der Waals surface area contributed by atoms with Gasteiger partial charge in [0.05, 0.1) is 11.3 Å². The minimum absolute atomic E-state index is 0.256. The number of esters is 1. The van der Waals surface area contributed by atoms with E-state index in [1.165, 1.54) is 22.3 Å². The van der Waals surface area contributed by atoms with Crippen molar-refractivity contribution in [3.63, 3.8) is 0 Å². The van der Waals surface area contributed by atoms with Crippen LogP contribution in [0.15, 0.2) is 85.1 Å². The summed E-state index contributed by atoms with van der Waals surface area (Å²) in [5.41, 5.74) is 9.81. The molecule has 0 saturated carbocycles. The number of hydrogen-bond donors (Lipinski definition) is 0. The quantitative estimate of drug-likeness (QED) is 0.246. The second-order valence-corrected chi connectivity index (χ2v) is 9.73. The molecule has 0 spiro atoms. The predicted molar refractivity (Wildman–Crippen MR) is 145 cm³/mol. The fourth-order valence-electron chi connectivity index (χ4n) is 4.63. The summed E-state index contributed by atoms with van der Waals surface area (Å²) in [5.74, 6) is -0.291. The molecule has 36 heavy (non-hydrogen) atoms. The van der Waals surface area contributed by atoms with Crippen LogP contribution in [-0.2, 0) is 31.0 Å². The van der Waals surface area contributed by atoms with Gasteiger partial charge in [0.15, 0.2) is 0 Å². The van der Waals surface area contributed by atoms with Crippen molar-refractivity contribution in [1.82, 2.24) is 9.88 Å². The summed E-state index contributed by atoms with van der Waals surface area (Å²) in [6.45, 7) is 10.9. The van der Waals surface area contributed by atoms with Crippen LogP contribution < -0.4 is 0 Å². The van der Waals surface area contributed by atoms with Gasteiger partial charge < -0.3 is 4.74 Å². The van der Waals surface area contributed by atoms with Crippen molar-refractivity contribution < 1.29 is 9.53 Å². The molecule has 3 aromatic carbocycles. The maximum Gasteiger partial charge on any atom is 0.338 e. The molecule has 0 N–H and O–H groups in total. The van der Waals surface area contributed by atoms with Gasteiger partial charge in [-0.1, -0.05) is 76.9 Å². The van der Waals surface area contributed by atoms with Gasteiger partial charge in [-0.3, -0.25) is 9.88 Å². The number of nitrogens with zero attached hydrogens (tertiary/aromatic N) is 2. The summed E-state index contributed by atoms with van der Waals surface area (Å²) >= 11 is 0. The Kier molecular flexibility index (Phi) is 8.29. The van der Waals surface area contributed by atoms with Crippen LogP contribution in [0.4, 0.5) is 0 Å². The van der Waals surface area contributed by atoms with Crippen LogP contribution in [-0.4, -0.2) is 15.9 Å². The third-order valence-electron chi connectivity index (χ3n) is 6.06. The number of carbonyl (C=O) groups is 1. The number of carbonyl (C=O) groups excluding carboxylic acids is 1. The molecule has 1 heterocycles. The highest BCUT2D eigenvalue weighted by Crippen LogP contribution is 2.17. The second-order valence-electron chi connectivity index (χ2n) is 9.73. The molecular formula is C32H34N2O2. The van der Waals surface area contributed by atoms with E-state index in [4.69, 9.17) is 4.74 Å². The lowest BCUT2D eigenvalue weighted by molar-refractivity contribution is 0.0472. The molecule has 0 saturated heterocycles. The third kappa shape index (κ3) is 7.37. The number of hydrogen-bond acceptors (Lipinski definition) is 4. The SMILES string of the molecule is Cc1cc(C)cc(CN(Cc2ccc(COC(=O)c3cc(C)cc(C)c3)cc2)Cc2ccccn2)c1. The summed E-state index contributed by atoms with van der Waals surface area (Å²) in [7, 11) is 0. The van der Waals surface area contributed by atoms with Crippen molar-refractivity contribution in [2.75, 3.05) is 0 Å². The molecule has 0 amide bonds. The molecule has 0 aliphatic rings. The number of aryl methyl sites for hydroxylation is 4. The van der Waals surface area contributed by atoms with Crippen molar-refractivity contribution in [1.29, 1.82) is 0 Å². The molecule has 4 heteroatoms. The lowest BCUT2D eigenvalue weighted by atomic mass is 10.1. The molecule has 0 fully saturated rings. The molecular weight excluding hydrogens is 444 g/mol.